The number of hydrogen-bond donors (Lipinski definition) is 0. The molecule has 1 fully saturated rings. The maximum Gasteiger partial charge on any atom is 0.311 e. The van der Waals surface area contributed by atoms with Crippen molar-refractivity contribution in [2.75, 3.05) is 19.8 Å². The van der Waals surface area contributed by atoms with Gasteiger partial charge in [0.05, 0.1) is 36.2 Å². The average Bonchev–Trinajstić information content (AvgIpc) is 3.29. The number of esters is 1. The highest BCUT2D eigenvalue weighted by Crippen LogP contribution is 2.28. The lowest BCUT2D eigenvalue weighted by atomic mass is 9.87. The second-order valence-electron chi connectivity index (χ2n) is 8.98. The van der Waals surface area contributed by atoms with Crippen LogP contribution in [0.15, 0.2) is 30.6 Å². The Morgan fingerprint density at radius 3 is 2.75 bits per heavy atom. The van der Waals surface area contributed by atoms with Gasteiger partial charge in [-0.15, -0.1) is 0 Å². The van der Waals surface area contributed by atoms with Crippen LogP contribution in [-0.4, -0.2) is 40.6 Å². The zero-order valence-corrected chi connectivity index (χ0v) is 19.7. The van der Waals surface area contributed by atoms with E-state index in [1.807, 2.05) is 43.7 Å². The Bertz CT molecular complexity index is 826. The van der Waals surface area contributed by atoms with E-state index in [9.17, 15) is 4.79 Å². The predicted octanol–water partition coefficient (Wildman–Crippen LogP) is 5.56. The fourth-order valence-corrected chi connectivity index (χ4v) is 3.92. The lowest BCUT2D eigenvalue weighted by molar-refractivity contribution is -0.153. The van der Waals surface area contributed by atoms with Crippen LogP contribution >= 0.6 is 0 Å². The van der Waals surface area contributed by atoms with Crippen LogP contribution < -0.4 is 4.74 Å². The molecule has 176 valence electrons. The van der Waals surface area contributed by atoms with Crippen LogP contribution in [0.25, 0.3) is 11.4 Å². The summed E-state index contributed by atoms with van der Waals surface area (Å²) in [5.74, 6) is 0.672. The van der Waals surface area contributed by atoms with Crippen molar-refractivity contribution in [2.45, 2.75) is 78.4 Å². The molecule has 3 heterocycles. The monoisotopic (exact) mass is 443 g/mol. The Morgan fingerprint density at radius 2 is 2.03 bits per heavy atom. The van der Waals surface area contributed by atoms with E-state index < -0.39 is 5.41 Å². The summed E-state index contributed by atoms with van der Waals surface area (Å²) in [5.41, 5.74) is 1.43. The summed E-state index contributed by atoms with van der Waals surface area (Å²) >= 11 is 0. The largest absolute Gasteiger partial charge is 0.492 e. The summed E-state index contributed by atoms with van der Waals surface area (Å²) < 4.78 is 18.8. The molecule has 0 aliphatic carbocycles. The van der Waals surface area contributed by atoms with Gasteiger partial charge in [-0.25, -0.2) is 4.68 Å². The summed E-state index contributed by atoms with van der Waals surface area (Å²) in [6.45, 7) is 7.65. The van der Waals surface area contributed by atoms with Gasteiger partial charge in [-0.2, -0.15) is 5.10 Å². The van der Waals surface area contributed by atoms with Gasteiger partial charge in [-0.3, -0.25) is 9.78 Å². The van der Waals surface area contributed by atoms with Gasteiger partial charge in [0.2, 0.25) is 0 Å². The van der Waals surface area contributed by atoms with E-state index in [4.69, 9.17) is 14.2 Å². The third kappa shape index (κ3) is 6.79. The first-order valence-electron chi connectivity index (χ1n) is 11.9. The van der Waals surface area contributed by atoms with E-state index in [1.165, 1.54) is 0 Å². The van der Waals surface area contributed by atoms with Gasteiger partial charge in [0.25, 0.3) is 0 Å². The molecule has 3 rings (SSSR count). The van der Waals surface area contributed by atoms with Gasteiger partial charge >= 0.3 is 5.97 Å². The first kappa shape index (κ1) is 24.2. The summed E-state index contributed by atoms with van der Waals surface area (Å²) in [5, 5.41) is 4.45. The SMILES string of the molecule is CCOC(=O)C(C)(C)CCCCCCOc1ccc(-c2ccnn2C2CCCCO2)nc1. The molecular formula is C25H37N3O4. The van der Waals surface area contributed by atoms with Gasteiger partial charge in [0, 0.05) is 12.8 Å². The van der Waals surface area contributed by atoms with Crippen LogP contribution in [0, 0.1) is 5.41 Å². The second kappa shape index (κ2) is 12.0. The maximum absolute atomic E-state index is 11.9. The number of carbonyl (C=O) groups is 1. The quantitative estimate of drug-likeness (QED) is 0.316. The number of carbonyl (C=O) groups excluding carboxylic acids is 1. The van der Waals surface area contributed by atoms with E-state index in [0.29, 0.717) is 13.2 Å². The lowest BCUT2D eigenvalue weighted by Crippen LogP contribution is -2.26. The van der Waals surface area contributed by atoms with Crippen LogP contribution in [-0.2, 0) is 14.3 Å². The smallest absolute Gasteiger partial charge is 0.311 e. The fraction of sp³-hybridized carbons (Fsp3) is 0.640. The standard InChI is InChI=1S/C25H37N3O4/c1-4-30-24(29)25(2,3)15-8-5-6-9-17-31-20-12-13-21(26-19-20)22-14-16-27-28(22)23-11-7-10-18-32-23/h12-14,16,19,23H,4-11,15,17-18H2,1-3H3. The minimum Gasteiger partial charge on any atom is -0.492 e. The lowest BCUT2D eigenvalue weighted by Gasteiger charge is -2.24. The zero-order valence-electron chi connectivity index (χ0n) is 19.7. The molecule has 7 heteroatoms. The highest BCUT2D eigenvalue weighted by atomic mass is 16.5. The molecule has 32 heavy (non-hydrogen) atoms. The summed E-state index contributed by atoms with van der Waals surface area (Å²) in [6, 6.07) is 5.91. The summed E-state index contributed by atoms with van der Waals surface area (Å²) in [7, 11) is 0. The zero-order chi connectivity index (χ0) is 22.8. The average molecular weight is 444 g/mol. The highest BCUT2D eigenvalue weighted by molar-refractivity contribution is 5.75. The van der Waals surface area contributed by atoms with Crippen molar-refractivity contribution in [1.29, 1.82) is 0 Å². The van der Waals surface area contributed by atoms with Crippen molar-refractivity contribution in [2.24, 2.45) is 5.41 Å². The molecule has 0 saturated carbocycles. The number of nitrogens with zero attached hydrogens (tertiary/aromatic N) is 3. The molecule has 0 bridgehead atoms. The molecule has 0 aromatic carbocycles. The fourth-order valence-electron chi connectivity index (χ4n) is 3.92. The van der Waals surface area contributed by atoms with E-state index in [1.54, 1.807) is 12.4 Å². The normalized spacial score (nSPS) is 16.7. The molecule has 2 aromatic heterocycles. The van der Waals surface area contributed by atoms with E-state index in [-0.39, 0.29) is 12.2 Å². The minimum atomic E-state index is -0.404. The number of pyridine rings is 1. The molecule has 1 aliphatic heterocycles. The molecule has 2 aromatic rings. The Balaban J connectivity index is 1.37. The first-order chi connectivity index (χ1) is 15.5. The first-order valence-corrected chi connectivity index (χ1v) is 11.9. The molecule has 0 spiro atoms. The maximum atomic E-state index is 11.9. The van der Waals surface area contributed by atoms with Crippen molar-refractivity contribution in [3.63, 3.8) is 0 Å². The summed E-state index contributed by atoms with van der Waals surface area (Å²) in [6.07, 6.45) is 11.8. The molecule has 1 atom stereocenters. The van der Waals surface area contributed by atoms with Gasteiger partial charge < -0.3 is 14.2 Å². The molecule has 1 saturated heterocycles. The Labute approximate surface area is 191 Å². The van der Waals surface area contributed by atoms with E-state index >= 15 is 0 Å². The topological polar surface area (TPSA) is 75.5 Å². The number of ether oxygens (including phenoxy) is 3. The van der Waals surface area contributed by atoms with Gasteiger partial charge in [-0.1, -0.05) is 19.3 Å². The van der Waals surface area contributed by atoms with Crippen molar-refractivity contribution < 1.29 is 19.0 Å². The van der Waals surface area contributed by atoms with Crippen LogP contribution in [0.4, 0.5) is 0 Å². The summed E-state index contributed by atoms with van der Waals surface area (Å²) in [4.78, 5) is 16.5. The molecule has 1 aliphatic rings. The number of hydrogen-bond acceptors (Lipinski definition) is 6. The van der Waals surface area contributed by atoms with E-state index in [0.717, 1.165) is 75.1 Å². The molecule has 0 amide bonds. The number of rotatable bonds is 12. The predicted molar refractivity (Wildman–Crippen MR) is 123 cm³/mol. The van der Waals surface area contributed by atoms with Crippen molar-refractivity contribution in [1.82, 2.24) is 14.8 Å². The molecule has 0 radical (unpaired) electrons. The Kier molecular flexibility index (Phi) is 9.09. The third-order valence-electron chi connectivity index (χ3n) is 5.89. The van der Waals surface area contributed by atoms with Crippen LogP contribution in [0.2, 0.25) is 0 Å². The van der Waals surface area contributed by atoms with Crippen LogP contribution in [0.1, 0.15) is 78.4 Å². The van der Waals surface area contributed by atoms with Gasteiger partial charge in [0.1, 0.15) is 5.75 Å². The van der Waals surface area contributed by atoms with Crippen LogP contribution in [0.5, 0.6) is 5.75 Å². The highest BCUT2D eigenvalue weighted by Gasteiger charge is 2.28. The Hall–Kier alpha value is -2.41. The van der Waals surface area contributed by atoms with Crippen molar-refractivity contribution >= 4 is 5.97 Å². The van der Waals surface area contributed by atoms with Crippen LogP contribution in [0.3, 0.4) is 0 Å². The van der Waals surface area contributed by atoms with E-state index in [2.05, 4.69) is 10.1 Å². The number of aromatic nitrogens is 3. The van der Waals surface area contributed by atoms with Crippen molar-refractivity contribution in [3.05, 3.63) is 30.6 Å². The van der Waals surface area contributed by atoms with Crippen molar-refractivity contribution in [3.8, 4) is 17.1 Å². The second-order valence-corrected chi connectivity index (χ2v) is 8.98. The number of unbranched alkanes of at least 4 members (excludes halogenated alkanes) is 3. The minimum absolute atomic E-state index is 0.00524. The molecule has 7 nitrogen and oxygen atoms in total. The van der Waals surface area contributed by atoms with Gasteiger partial charge in [-0.05, 0) is 71.1 Å². The third-order valence-corrected chi connectivity index (χ3v) is 5.89. The molecule has 1 unspecified atom stereocenters. The molecule has 0 N–H and O–H groups in total. The van der Waals surface area contributed by atoms with Gasteiger partial charge in [0.15, 0.2) is 6.23 Å². The Morgan fingerprint density at radius 1 is 1.19 bits per heavy atom. The molecular weight excluding hydrogens is 406 g/mol.